The normalized spacial score (nSPS) is 12.4. The summed E-state index contributed by atoms with van der Waals surface area (Å²) in [6.07, 6.45) is 2.27. The number of esters is 1. The molecule has 2 rings (SSSR count). The minimum atomic E-state index is -0.909. The van der Waals surface area contributed by atoms with Crippen LogP contribution in [0.5, 0.6) is 0 Å². The van der Waals surface area contributed by atoms with E-state index in [0.29, 0.717) is 23.1 Å². The summed E-state index contributed by atoms with van der Waals surface area (Å²) in [6, 6.07) is 1.82. The molecule has 0 fully saturated rings. The van der Waals surface area contributed by atoms with Crippen molar-refractivity contribution in [3.05, 3.63) is 36.2 Å². The Kier molecular flexibility index (Phi) is 6.13. The van der Waals surface area contributed by atoms with Crippen LogP contribution in [0.25, 0.3) is 11.0 Å². The predicted octanol–water partition coefficient (Wildman–Crippen LogP) is 2.98. The van der Waals surface area contributed by atoms with E-state index in [9.17, 15) is 9.59 Å². The van der Waals surface area contributed by atoms with Gasteiger partial charge in [0.05, 0.1) is 17.1 Å². The lowest BCUT2D eigenvalue weighted by Crippen LogP contribution is -2.35. The highest BCUT2D eigenvalue weighted by Crippen LogP contribution is 2.25. The quantitative estimate of drug-likeness (QED) is 0.607. The summed E-state index contributed by atoms with van der Waals surface area (Å²) in [5.74, 6) is -0.802. The van der Waals surface area contributed by atoms with E-state index in [0.717, 1.165) is 5.69 Å². The Labute approximate surface area is 153 Å². The summed E-state index contributed by atoms with van der Waals surface area (Å²) in [7, 11) is 0. The number of hydrogen-bond acceptors (Lipinski definition) is 5. The first-order valence-corrected chi connectivity index (χ1v) is 8.74. The Morgan fingerprint density at radius 3 is 2.58 bits per heavy atom. The molecular weight excluding hydrogens is 332 g/mol. The second-order valence-electron chi connectivity index (χ2n) is 6.75. The van der Waals surface area contributed by atoms with Crippen LogP contribution in [-0.4, -0.2) is 39.3 Å². The number of nitrogens with one attached hydrogen (secondary N) is 1. The number of rotatable bonds is 7. The standard InChI is InChI=1S/C19H26N4O3/c1-7-8-20-18(24)13(6)26-19(25)14-9-16(11(2)3)22-17-15(14)10-21-23(17)12(4)5/h7,9-13H,1,8H2,2-6H3,(H,20,24)/t13-/m0/s1. The highest BCUT2D eigenvalue weighted by Gasteiger charge is 2.23. The number of carbonyl (C=O) groups is 2. The van der Waals surface area contributed by atoms with Crippen molar-refractivity contribution in [3.63, 3.8) is 0 Å². The zero-order chi connectivity index (χ0) is 19.4. The van der Waals surface area contributed by atoms with Gasteiger partial charge in [-0.3, -0.25) is 4.79 Å². The molecule has 0 aliphatic rings. The lowest BCUT2D eigenvalue weighted by Gasteiger charge is -2.15. The van der Waals surface area contributed by atoms with Gasteiger partial charge in [-0.05, 0) is 32.8 Å². The second kappa shape index (κ2) is 8.12. The Hall–Kier alpha value is -2.70. The summed E-state index contributed by atoms with van der Waals surface area (Å²) in [5.41, 5.74) is 1.78. The second-order valence-corrected chi connectivity index (χ2v) is 6.75. The van der Waals surface area contributed by atoms with E-state index < -0.39 is 12.1 Å². The van der Waals surface area contributed by atoms with Crippen molar-refractivity contribution in [2.45, 2.75) is 52.7 Å². The molecule has 2 aromatic heterocycles. The van der Waals surface area contributed by atoms with Gasteiger partial charge in [0.2, 0.25) is 0 Å². The van der Waals surface area contributed by atoms with Gasteiger partial charge < -0.3 is 10.1 Å². The van der Waals surface area contributed by atoms with Gasteiger partial charge in [-0.25, -0.2) is 14.5 Å². The van der Waals surface area contributed by atoms with Gasteiger partial charge in [-0.1, -0.05) is 19.9 Å². The Morgan fingerprint density at radius 2 is 2.00 bits per heavy atom. The summed E-state index contributed by atoms with van der Waals surface area (Å²) in [4.78, 5) is 29.3. The van der Waals surface area contributed by atoms with E-state index in [4.69, 9.17) is 4.74 Å². The fourth-order valence-corrected chi connectivity index (χ4v) is 2.47. The SMILES string of the molecule is C=CCNC(=O)[C@H](C)OC(=O)c1cc(C(C)C)nc2c1cnn2C(C)C. The topological polar surface area (TPSA) is 86.1 Å². The molecule has 26 heavy (non-hydrogen) atoms. The molecule has 1 N–H and O–H groups in total. The predicted molar refractivity (Wildman–Crippen MR) is 100 cm³/mol. The first-order chi connectivity index (χ1) is 12.3. The number of aromatic nitrogens is 3. The van der Waals surface area contributed by atoms with E-state index in [1.807, 2.05) is 27.7 Å². The maximum Gasteiger partial charge on any atom is 0.339 e. The molecule has 0 aromatic carbocycles. The largest absolute Gasteiger partial charge is 0.449 e. The van der Waals surface area contributed by atoms with Gasteiger partial charge >= 0.3 is 5.97 Å². The van der Waals surface area contributed by atoms with Crippen molar-refractivity contribution in [2.24, 2.45) is 0 Å². The van der Waals surface area contributed by atoms with Crippen LogP contribution < -0.4 is 5.32 Å². The monoisotopic (exact) mass is 358 g/mol. The highest BCUT2D eigenvalue weighted by atomic mass is 16.5. The molecule has 1 amide bonds. The molecule has 0 aliphatic carbocycles. The molecule has 0 unspecified atom stereocenters. The zero-order valence-electron chi connectivity index (χ0n) is 15.9. The number of fused-ring (bicyclic) bond motifs is 1. The van der Waals surface area contributed by atoms with Crippen LogP contribution in [0.2, 0.25) is 0 Å². The first-order valence-electron chi connectivity index (χ1n) is 8.74. The lowest BCUT2D eigenvalue weighted by molar-refractivity contribution is -0.128. The van der Waals surface area contributed by atoms with E-state index in [1.165, 1.54) is 6.92 Å². The van der Waals surface area contributed by atoms with Gasteiger partial charge in [-0.2, -0.15) is 5.10 Å². The van der Waals surface area contributed by atoms with Crippen LogP contribution in [0.3, 0.4) is 0 Å². The van der Waals surface area contributed by atoms with Gasteiger partial charge in [0.1, 0.15) is 0 Å². The van der Waals surface area contributed by atoms with Crippen LogP contribution in [0.15, 0.2) is 24.9 Å². The van der Waals surface area contributed by atoms with Crippen molar-refractivity contribution in [3.8, 4) is 0 Å². The molecule has 0 bridgehead atoms. The molecule has 0 radical (unpaired) electrons. The Morgan fingerprint density at radius 1 is 1.31 bits per heavy atom. The van der Waals surface area contributed by atoms with Crippen molar-refractivity contribution in [1.82, 2.24) is 20.1 Å². The lowest BCUT2D eigenvalue weighted by atomic mass is 10.1. The van der Waals surface area contributed by atoms with E-state index in [1.54, 1.807) is 23.0 Å². The third kappa shape index (κ3) is 4.09. The van der Waals surface area contributed by atoms with Crippen LogP contribution >= 0.6 is 0 Å². The molecule has 7 heteroatoms. The number of amides is 1. The molecule has 0 aliphatic heterocycles. The van der Waals surface area contributed by atoms with Gasteiger partial charge in [0.15, 0.2) is 11.8 Å². The summed E-state index contributed by atoms with van der Waals surface area (Å²) in [5, 5.41) is 7.58. The third-order valence-electron chi connectivity index (χ3n) is 3.96. The zero-order valence-corrected chi connectivity index (χ0v) is 15.9. The average Bonchev–Trinajstić information content (AvgIpc) is 3.02. The molecule has 1 atom stereocenters. The Balaban J connectivity index is 2.39. The number of ether oxygens (including phenoxy) is 1. The fourth-order valence-electron chi connectivity index (χ4n) is 2.47. The van der Waals surface area contributed by atoms with Gasteiger partial charge in [-0.15, -0.1) is 6.58 Å². The van der Waals surface area contributed by atoms with Crippen LogP contribution in [0.1, 0.15) is 62.6 Å². The van der Waals surface area contributed by atoms with Crippen LogP contribution in [0, 0.1) is 0 Å². The minimum absolute atomic E-state index is 0.106. The molecule has 7 nitrogen and oxygen atoms in total. The third-order valence-corrected chi connectivity index (χ3v) is 3.96. The summed E-state index contributed by atoms with van der Waals surface area (Å²) < 4.78 is 7.13. The van der Waals surface area contributed by atoms with Crippen LogP contribution in [-0.2, 0) is 9.53 Å². The molecule has 140 valence electrons. The average molecular weight is 358 g/mol. The molecule has 0 spiro atoms. The van der Waals surface area contributed by atoms with Crippen molar-refractivity contribution >= 4 is 22.9 Å². The fraction of sp³-hybridized carbons (Fsp3) is 0.474. The van der Waals surface area contributed by atoms with Gasteiger partial charge in [0, 0.05) is 18.3 Å². The number of carbonyl (C=O) groups excluding carboxylic acids is 2. The van der Waals surface area contributed by atoms with Gasteiger partial charge in [0.25, 0.3) is 5.91 Å². The van der Waals surface area contributed by atoms with Crippen molar-refractivity contribution < 1.29 is 14.3 Å². The number of hydrogen-bond donors (Lipinski definition) is 1. The maximum absolute atomic E-state index is 12.7. The van der Waals surface area contributed by atoms with Crippen LogP contribution in [0.4, 0.5) is 0 Å². The molecule has 0 saturated carbocycles. The molecule has 2 heterocycles. The number of pyridine rings is 1. The molecule has 2 aromatic rings. The van der Waals surface area contributed by atoms with E-state index >= 15 is 0 Å². The van der Waals surface area contributed by atoms with E-state index in [-0.39, 0.29) is 17.9 Å². The smallest absolute Gasteiger partial charge is 0.339 e. The van der Waals surface area contributed by atoms with Crippen molar-refractivity contribution in [1.29, 1.82) is 0 Å². The summed E-state index contributed by atoms with van der Waals surface area (Å²) >= 11 is 0. The highest BCUT2D eigenvalue weighted by molar-refractivity contribution is 6.03. The molecule has 0 saturated heterocycles. The minimum Gasteiger partial charge on any atom is -0.449 e. The molecular formula is C19H26N4O3. The number of nitrogens with zero attached hydrogens (tertiary/aromatic N) is 3. The first kappa shape index (κ1) is 19.6. The maximum atomic E-state index is 12.7. The Bertz CT molecular complexity index is 824. The van der Waals surface area contributed by atoms with E-state index in [2.05, 4.69) is 22.0 Å². The van der Waals surface area contributed by atoms with Crippen molar-refractivity contribution in [2.75, 3.05) is 6.54 Å². The summed E-state index contributed by atoms with van der Waals surface area (Å²) in [6.45, 7) is 13.4.